The highest BCUT2D eigenvalue weighted by molar-refractivity contribution is 5.98. The van der Waals surface area contributed by atoms with Gasteiger partial charge in [-0.2, -0.15) is 0 Å². The Bertz CT molecular complexity index is 1930. The van der Waals surface area contributed by atoms with Crippen LogP contribution in [0, 0.1) is 5.82 Å². The van der Waals surface area contributed by atoms with Gasteiger partial charge in [-0.15, -0.1) is 0 Å². The molecule has 0 saturated carbocycles. The number of rotatable bonds is 10. The van der Waals surface area contributed by atoms with Crippen molar-refractivity contribution in [2.75, 3.05) is 11.1 Å². The van der Waals surface area contributed by atoms with E-state index in [2.05, 4.69) is 25.9 Å². The molecule has 6 N–H and O–H groups in total. The maximum Gasteiger partial charge on any atom is 0.335 e. The molecule has 0 saturated heterocycles. The van der Waals surface area contributed by atoms with E-state index in [1.807, 2.05) is 0 Å². The van der Waals surface area contributed by atoms with Gasteiger partial charge >= 0.3 is 5.97 Å². The fraction of sp³-hybridized carbons (Fsp3) is 0.107. The van der Waals surface area contributed by atoms with Crippen molar-refractivity contribution in [3.8, 4) is 0 Å². The minimum atomic E-state index is -1.06. The highest BCUT2D eigenvalue weighted by atomic mass is 19.1. The van der Waals surface area contributed by atoms with Crippen molar-refractivity contribution in [2.45, 2.75) is 19.6 Å². The summed E-state index contributed by atoms with van der Waals surface area (Å²) in [6.45, 7) is -0.0125. The molecule has 2 heterocycles. The predicted octanol–water partition coefficient (Wildman–Crippen LogP) is 1.22. The molecule has 5 aromatic rings. The van der Waals surface area contributed by atoms with Gasteiger partial charge in [0.25, 0.3) is 22.7 Å². The van der Waals surface area contributed by atoms with Crippen molar-refractivity contribution in [1.82, 2.24) is 25.0 Å². The van der Waals surface area contributed by atoms with Gasteiger partial charge in [0.2, 0.25) is 5.78 Å². The molecule has 0 spiro atoms. The van der Waals surface area contributed by atoms with Gasteiger partial charge in [-0.1, -0.05) is 18.2 Å². The van der Waals surface area contributed by atoms with Crippen LogP contribution in [0.2, 0.25) is 0 Å². The first kappa shape index (κ1) is 27.6. The first-order valence-electron chi connectivity index (χ1n) is 12.4. The van der Waals surface area contributed by atoms with E-state index in [1.54, 1.807) is 12.1 Å². The molecule has 42 heavy (non-hydrogen) atoms. The van der Waals surface area contributed by atoms with E-state index in [0.717, 1.165) is 0 Å². The van der Waals surface area contributed by atoms with Crippen LogP contribution >= 0.6 is 0 Å². The molecular weight excluding hydrogens is 549 g/mol. The van der Waals surface area contributed by atoms with Gasteiger partial charge in [0, 0.05) is 37.6 Å². The van der Waals surface area contributed by atoms with Crippen LogP contribution in [0.15, 0.2) is 70.5 Å². The number of carboxylic acid groups (broad SMARTS) is 1. The maximum atomic E-state index is 14.3. The summed E-state index contributed by atoms with van der Waals surface area (Å²) in [5, 5.41) is 17.1. The third-order valence-electron chi connectivity index (χ3n) is 6.46. The molecule has 0 aliphatic carbocycles. The zero-order valence-electron chi connectivity index (χ0n) is 21.7. The van der Waals surface area contributed by atoms with Gasteiger partial charge in [-0.25, -0.2) is 19.2 Å². The maximum absolute atomic E-state index is 14.3. The van der Waals surface area contributed by atoms with Crippen molar-refractivity contribution in [3.05, 3.63) is 121 Å². The number of carbonyl (C=O) groups excluding carboxylic acids is 2. The van der Waals surface area contributed by atoms with Crippen LogP contribution in [0.4, 0.5) is 15.8 Å². The number of nitrogens with zero attached hydrogens (tertiary/aromatic N) is 3. The SMILES string of the molecule is Nc1c(NCc2cc(CNC(=O)c3cc(C(=O)NCc4ccc(C(=O)O)cc4)n4ccnc4n3)ccc2F)c(=O)c1=O. The molecule has 212 valence electrons. The minimum absolute atomic E-state index is 0.0104. The van der Waals surface area contributed by atoms with Crippen LogP contribution in [0.5, 0.6) is 0 Å². The molecule has 0 radical (unpaired) electrons. The third-order valence-corrected chi connectivity index (χ3v) is 6.46. The zero-order chi connectivity index (χ0) is 30.0. The van der Waals surface area contributed by atoms with E-state index >= 15 is 0 Å². The van der Waals surface area contributed by atoms with Crippen LogP contribution in [0.3, 0.4) is 0 Å². The number of amides is 2. The molecule has 0 unspecified atom stereocenters. The Morgan fingerprint density at radius 2 is 1.60 bits per heavy atom. The summed E-state index contributed by atoms with van der Waals surface area (Å²) in [6.07, 6.45) is 2.95. The van der Waals surface area contributed by atoms with E-state index < -0.39 is 34.5 Å². The fourth-order valence-corrected chi connectivity index (χ4v) is 4.15. The zero-order valence-corrected chi connectivity index (χ0v) is 21.7. The Hall–Kier alpha value is -5.92. The molecule has 0 aliphatic heterocycles. The van der Waals surface area contributed by atoms with Gasteiger partial charge < -0.3 is 26.8 Å². The second kappa shape index (κ2) is 11.3. The normalized spacial score (nSPS) is 11.0. The average molecular weight is 572 g/mol. The third kappa shape index (κ3) is 5.54. The van der Waals surface area contributed by atoms with Gasteiger partial charge in [-0.05, 0) is 41.5 Å². The number of carboxylic acids is 1. The van der Waals surface area contributed by atoms with Gasteiger partial charge in [0.15, 0.2) is 0 Å². The highest BCUT2D eigenvalue weighted by Gasteiger charge is 2.19. The molecular formula is C28H22FN7O6. The number of halogens is 1. The van der Waals surface area contributed by atoms with Crippen molar-refractivity contribution in [1.29, 1.82) is 0 Å². The highest BCUT2D eigenvalue weighted by Crippen LogP contribution is 2.16. The van der Waals surface area contributed by atoms with E-state index in [4.69, 9.17) is 10.8 Å². The number of nitrogens with two attached hydrogens (primary N) is 1. The summed E-state index contributed by atoms with van der Waals surface area (Å²) >= 11 is 0. The second-order valence-electron chi connectivity index (χ2n) is 9.22. The summed E-state index contributed by atoms with van der Waals surface area (Å²) in [5.41, 5.74) is 5.20. The van der Waals surface area contributed by atoms with Crippen LogP contribution in [-0.2, 0) is 19.6 Å². The van der Waals surface area contributed by atoms with E-state index in [0.29, 0.717) is 11.1 Å². The van der Waals surface area contributed by atoms with Gasteiger partial charge in [0.05, 0.1) is 5.56 Å². The molecule has 14 heteroatoms. The predicted molar refractivity (Wildman–Crippen MR) is 148 cm³/mol. The summed E-state index contributed by atoms with van der Waals surface area (Å²) < 4.78 is 15.7. The molecule has 2 aromatic heterocycles. The number of imidazole rings is 1. The lowest BCUT2D eigenvalue weighted by Gasteiger charge is -2.12. The van der Waals surface area contributed by atoms with Gasteiger partial charge in [0.1, 0.15) is 28.6 Å². The van der Waals surface area contributed by atoms with E-state index in [9.17, 15) is 28.4 Å². The summed E-state index contributed by atoms with van der Waals surface area (Å²) in [6, 6.07) is 11.5. The van der Waals surface area contributed by atoms with Crippen molar-refractivity contribution >= 4 is 34.9 Å². The second-order valence-corrected chi connectivity index (χ2v) is 9.22. The van der Waals surface area contributed by atoms with Gasteiger partial charge in [-0.3, -0.25) is 23.6 Å². The first-order valence-corrected chi connectivity index (χ1v) is 12.4. The lowest BCUT2D eigenvalue weighted by atomic mass is 10.1. The number of hydrogen-bond acceptors (Lipinski definition) is 9. The first-order chi connectivity index (χ1) is 20.1. The number of anilines is 2. The molecule has 0 fully saturated rings. The quantitative estimate of drug-likeness (QED) is 0.152. The lowest BCUT2D eigenvalue weighted by molar-refractivity contribution is 0.0696. The fourth-order valence-electron chi connectivity index (χ4n) is 4.15. The van der Waals surface area contributed by atoms with E-state index in [1.165, 1.54) is 53.2 Å². The summed E-state index contributed by atoms with van der Waals surface area (Å²) in [5.74, 6) is -2.63. The number of fused-ring (bicyclic) bond motifs is 1. The van der Waals surface area contributed by atoms with Crippen LogP contribution in [-0.4, -0.2) is 37.3 Å². The average Bonchev–Trinajstić information content (AvgIpc) is 3.48. The number of hydrogen-bond donors (Lipinski definition) is 5. The Morgan fingerprint density at radius 3 is 2.31 bits per heavy atom. The molecule has 0 atom stereocenters. The van der Waals surface area contributed by atoms with Crippen LogP contribution in [0.25, 0.3) is 5.78 Å². The molecule has 5 rings (SSSR count). The standard InChI is InChI=1S/C28H22FN7O6/c29-18-6-3-15(9-17(18)13-32-22-21(30)23(37)24(22)38)12-33-25(39)19-10-20(36-8-7-31-28(36)35-19)26(40)34-11-14-1-4-16(5-2-14)27(41)42/h1-10,32H,11-13,30H2,(H,33,39)(H,34,40)(H,41,42). The summed E-state index contributed by atoms with van der Waals surface area (Å²) in [4.78, 5) is 68.2. The number of carbonyl (C=O) groups is 3. The van der Waals surface area contributed by atoms with E-state index in [-0.39, 0.29) is 59.3 Å². The number of aromatic carboxylic acids is 1. The number of benzene rings is 2. The number of nitrogens with one attached hydrogen (secondary N) is 3. The summed E-state index contributed by atoms with van der Waals surface area (Å²) in [7, 11) is 0. The minimum Gasteiger partial charge on any atom is -0.478 e. The van der Waals surface area contributed by atoms with Crippen molar-refractivity contribution in [3.63, 3.8) is 0 Å². The van der Waals surface area contributed by atoms with Crippen LogP contribution in [0.1, 0.15) is 48.0 Å². The smallest absolute Gasteiger partial charge is 0.335 e. The van der Waals surface area contributed by atoms with Crippen LogP contribution < -0.4 is 32.5 Å². The molecule has 2 amide bonds. The monoisotopic (exact) mass is 571 g/mol. The number of nitrogen functional groups attached to an aromatic ring is 1. The topological polar surface area (TPSA) is 198 Å². The Morgan fingerprint density at radius 1 is 0.905 bits per heavy atom. The Balaban J connectivity index is 1.26. The lowest BCUT2D eigenvalue weighted by Crippen LogP contribution is -2.37. The molecule has 3 aromatic carbocycles. The molecule has 0 aliphatic rings. The largest absolute Gasteiger partial charge is 0.478 e. The molecule has 0 bridgehead atoms. The van der Waals surface area contributed by atoms with Crippen molar-refractivity contribution in [2.24, 2.45) is 0 Å². The Labute approximate surface area is 235 Å². The Kier molecular flexibility index (Phi) is 7.43. The molecule has 13 nitrogen and oxygen atoms in total. The number of aromatic nitrogens is 3. The van der Waals surface area contributed by atoms with Crippen molar-refractivity contribution < 1.29 is 23.9 Å².